The van der Waals surface area contributed by atoms with E-state index >= 15 is 0 Å². The van der Waals surface area contributed by atoms with Crippen molar-refractivity contribution in [2.45, 2.75) is 25.8 Å². The second-order valence-corrected chi connectivity index (χ2v) is 7.98. The fourth-order valence-electron chi connectivity index (χ4n) is 4.20. The molecule has 1 saturated heterocycles. The van der Waals surface area contributed by atoms with Gasteiger partial charge in [-0.15, -0.1) is 0 Å². The first-order valence-corrected chi connectivity index (χ1v) is 11.1. The molecule has 0 aliphatic carbocycles. The third-order valence-electron chi connectivity index (χ3n) is 5.78. The standard InChI is InChI=1S/C26H24FN3O3/c1-2-32-21-11-9-20(10-12-21)28-26(31)30-14-4-7-23(30)25-29-22-16-18(8-13-24(22)33-25)17-5-3-6-19(27)15-17/h3,5-6,8-13,15-16,23H,2,4,7,14H2,1H3,(H,28,31). The second kappa shape index (κ2) is 8.94. The van der Waals surface area contributed by atoms with Crippen LogP contribution in [0.15, 0.2) is 71.1 Å². The van der Waals surface area contributed by atoms with Crippen LogP contribution in [0.1, 0.15) is 31.7 Å². The molecule has 168 valence electrons. The van der Waals surface area contributed by atoms with Gasteiger partial charge in [-0.2, -0.15) is 0 Å². The SMILES string of the molecule is CCOc1ccc(NC(=O)N2CCCC2c2nc3cc(-c4cccc(F)c4)ccc3o2)cc1. The number of ether oxygens (including phenoxy) is 1. The number of nitrogens with zero attached hydrogens (tertiary/aromatic N) is 2. The quantitative estimate of drug-likeness (QED) is 0.386. The predicted molar refractivity (Wildman–Crippen MR) is 125 cm³/mol. The predicted octanol–water partition coefficient (Wildman–Crippen LogP) is 6.40. The lowest BCUT2D eigenvalue weighted by Crippen LogP contribution is -2.34. The first-order chi connectivity index (χ1) is 16.1. The zero-order valence-electron chi connectivity index (χ0n) is 18.3. The van der Waals surface area contributed by atoms with E-state index < -0.39 is 0 Å². The Morgan fingerprint density at radius 3 is 2.76 bits per heavy atom. The van der Waals surface area contributed by atoms with E-state index in [2.05, 4.69) is 10.3 Å². The Morgan fingerprint density at radius 2 is 1.97 bits per heavy atom. The van der Waals surface area contributed by atoms with Crippen molar-refractivity contribution in [1.29, 1.82) is 0 Å². The Bertz CT molecular complexity index is 1290. The van der Waals surface area contributed by atoms with Gasteiger partial charge in [-0.25, -0.2) is 14.2 Å². The van der Waals surface area contributed by atoms with Crippen molar-refractivity contribution in [2.24, 2.45) is 0 Å². The third kappa shape index (κ3) is 4.39. The van der Waals surface area contributed by atoms with Gasteiger partial charge in [0.25, 0.3) is 0 Å². The molecule has 0 saturated carbocycles. The molecule has 0 spiro atoms. The lowest BCUT2D eigenvalue weighted by Gasteiger charge is -2.22. The molecular formula is C26H24FN3O3. The highest BCUT2D eigenvalue weighted by Crippen LogP contribution is 2.35. The van der Waals surface area contributed by atoms with Crippen molar-refractivity contribution < 1.29 is 18.3 Å². The minimum Gasteiger partial charge on any atom is -0.494 e. The lowest BCUT2D eigenvalue weighted by molar-refractivity contribution is 0.199. The average molecular weight is 445 g/mol. The van der Waals surface area contributed by atoms with Crippen LogP contribution in [-0.4, -0.2) is 29.1 Å². The number of halogens is 1. The maximum Gasteiger partial charge on any atom is 0.322 e. The van der Waals surface area contributed by atoms with E-state index in [0.29, 0.717) is 35.8 Å². The van der Waals surface area contributed by atoms with Crippen LogP contribution in [-0.2, 0) is 0 Å². The monoisotopic (exact) mass is 445 g/mol. The van der Waals surface area contributed by atoms with E-state index in [4.69, 9.17) is 9.15 Å². The Kier molecular flexibility index (Phi) is 5.69. The van der Waals surface area contributed by atoms with Crippen LogP contribution in [0.25, 0.3) is 22.2 Å². The molecule has 1 N–H and O–H groups in total. The molecule has 1 fully saturated rings. The number of urea groups is 1. The Hall–Kier alpha value is -3.87. The van der Waals surface area contributed by atoms with Gasteiger partial charge in [0.2, 0.25) is 5.89 Å². The Labute approximate surface area is 191 Å². The fourth-order valence-corrected chi connectivity index (χ4v) is 4.20. The van der Waals surface area contributed by atoms with E-state index in [1.807, 2.05) is 55.5 Å². The lowest BCUT2D eigenvalue weighted by atomic mass is 10.1. The maximum absolute atomic E-state index is 13.6. The summed E-state index contributed by atoms with van der Waals surface area (Å²) in [4.78, 5) is 19.4. The van der Waals surface area contributed by atoms with Crippen LogP contribution in [0, 0.1) is 5.82 Å². The summed E-state index contributed by atoms with van der Waals surface area (Å²) in [5, 5.41) is 2.95. The minimum atomic E-state index is -0.284. The highest BCUT2D eigenvalue weighted by molar-refractivity contribution is 5.90. The Morgan fingerprint density at radius 1 is 1.15 bits per heavy atom. The molecule has 2 amide bonds. The summed E-state index contributed by atoms with van der Waals surface area (Å²) < 4.78 is 25.1. The van der Waals surface area contributed by atoms with Gasteiger partial charge in [0.15, 0.2) is 5.58 Å². The van der Waals surface area contributed by atoms with E-state index in [0.717, 1.165) is 29.7 Å². The number of fused-ring (bicyclic) bond motifs is 1. The third-order valence-corrected chi connectivity index (χ3v) is 5.78. The molecule has 7 heteroatoms. The van der Waals surface area contributed by atoms with Gasteiger partial charge in [-0.3, -0.25) is 0 Å². The Balaban J connectivity index is 1.35. The topological polar surface area (TPSA) is 67.6 Å². The molecule has 0 bridgehead atoms. The van der Waals surface area contributed by atoms with E-state index in [9.17, 15) is 9.18 Å². The number of hydrogen-bond donors (Lipinski definition) is 1. The molecular weight excluding hydrogens is 421 g/mol. The summed E-state index contributed by atoms with van der Waals surface area (Å²) in [6.07, 6.45) is 1.65. The number of amides is 2. The van der Waals surface area contributed by atoms with Crippen molar-refractivity contribution >= 4 is 22.8 Å². The molecule has 1 unspecified atom stereocenters. The van der Waals surface area contributed by atoms with Gasteiger partial charge in [0, 0.05) is 12.2 Å². The van der Waals surface area contributed by atoms with Crippen LogP contribution in [0.5, 0.6) is 5.75 Å². The van der Waals surface area contributed by atoms with Crippen LogP contribution in [0.2, 0.25) is 0 Å². The van der Waals surface area contributed by atoms with Crippen LogP contribution < -0.4 is 10.1 Å². The smallest absolute Gasteiger partial charge is 0.322 e. The molecule has 1 aromatic heterocycles. The number of hydrogen-bond acceptors (Lipinski definition) is 4. The van der Waals surface area contributed by atoms with E-state index in [1.165, 1.54) is 12.1 Å². The maximum atomic E-state index is 13.6. The second-order valence-electron chi connectivity index (χ2n) is 7.98. The normalized spacial score (nSPS) is 15.7. The molecule has 33 heavy (non-hydrogen) atoms. The number of nitrogens with one attached hydrogen (secondary N) is 1. The van der Waals surface area contributed by atoms with Crippen molar-refractivity contribution in [2.75, 3.05) is 18.5 Å². The first-order valence-electron chi connectivity index (χ1n) is 11.1. The van der Waals surface area contributed by atoms with Crippen LogP contribution >= 0.6 is 0 Å². The molecule has 4 aromatic rings. The number of likely N-dealkylation sites (tertiary alicyclic amines) is 1. The zero-order chi connectivity index (χ0) is 22.8. The molecule has 6 nitrogen and oxygen atoms in total. The summed E-state index contributed by atoms with van der Waals surface area (Å²) in [6, 6.07) is 18.9. The summed E-state index contributed by atoms with van der Waals surface area (Å²) in [7, 11) is 0. The number of rotatable bonds is 5. The molecule has 3 aromatic carbocycles. The number of carbonyl (C=O) groups excluding carboxylic acids is 1. The number of aromatic nitrogens is 1. The van der Waals surface area contributed by atoms with Crippen LogP contribution in [0.3, 0.4) is 0 Å². The molecule has 1 aliphatic rings. The van der Waals surface area contributed by atoms with Gasteiger partial charge in [0.05, 0.1) is 6.61 Å². The zero-order valence-corrected chi connectivity index (χ0v) is 18.3. The van der Waals surface area contributed by atoms with Gasteiger partial charge in [-0.05, 0) is 79.4 Å². The van der Waals surface area contributed by atoms with E-state index in [1.54, 1.807) is 11.0 Å². The number of benzene rings is 3. The van der Waals surface area contributed by atoms with Gasteiger partial charge >= 0.3 is 6.03 Å². The van der Waals surface area contributed by atoms with Gasteiger partial charge < -0.3 is 19.4 Å². The summed E-state index contributed by atoms with van der Waals surface area (Å²) in [6.45, 7) is 3.15. The average Bonchev–Trinajstić information content (AvgIpc) is 3.47. The summed E-state index contributed by atoms with van der Waals surface area (Å²) in [5.41, 5.74) is 3.66. The van der Waals surface area contributed by atoms with E-state index in [-0.39, 0.29) is 17.9 Å². The number of anilines is 1. The van der Waals surface area contributed by atoms with Crippen molar-refractivity contribution in [3.05, 3.63) is 78.4 Å². The largest absolute Gasteiger partial charge is 0.494 e. The summed E-state index contributed by atoms with van der Waals surface area (Å²) >= 11 is 0. The molecule has 2 heterocycles. The first kappa shape index (κ1) is 21.0. The highest BCUT2D eigenvalue weighted by atomic mass is 19.1. The van der Waals surface area contributed by atoms with Crippen molar-refractivity contribution in [3.8, 4) is 16.9 Å². The molecule has 1 atom stereocenters. The van der Waals surface area contributed by atoms with Crippen LogP contribution in [0.4, 0.5) is 14.9 Å². The van der Waals surface area contributed by atoms with Crippen molar-refractivity contribution in [1.82, 2.24) is 9.88 Å². The highest BCUT2D eigenvalue weighted by Gasteiger charge is 2.33. The van der Waals surface area contributed by atoms with Crippen molar-refractivity contribution in [3.63, 3.8) is 0 Å². The summed E-state index contributed by atoms with van der Waals surface area (Å²) in [5.74, 6) is 0.993. The molecule has 5 rings (SSSR count). The number of oxazole rings is 1. The van der Waals surface area contributed by atoms with Gasteiger partial charge in [-0.1, -0.05) is 18.2 Å². The van der Waals surface area contributed by atoms with Gasteiger partial charge in [0.1, 0.15) is 23.1 Å². The number of carbonyl (C=O) groups is 1. The molecule has 1 aliphatic heterocycles. The fraction of sp³-hybridized carbons (Fsp3) is 0.231. The minimum absolute atomic E-state index is 0.190. The molecule has 0 radical (unpaired) electrons.